The van der Waals surface area contributed by atoms with E-state index in [1.807, 2.05) is 0 Å². The number of aromatic nitrogens is 4. The van der Waals surface area contributed by atoms with E-state index in [0.717, 1.165) is 11.2 Å². The van der Waals surface area contributed by atoms with Crippen molar-refractivity contribution in [3.8, 4) is 0 Å². The molecule has 11 atom stereocenters. The van der Waals surface area contributed by atoms with Gasteiger partial charge >= 0.3 is 0 Å². The van der Waals surface area contributed by atoms with Crippen LogP contribution >= 0.6 is 0 Å². The molecule has 2 fully saturated rings. The molecule has 0 saturated carbocycles. The number of hydrogen-bond acceptors (Lipinski definition) is 19. The van der Waals surface area contributed by atoms with Crippen LogP contribution in [0.4, 0.5) is 5.82 Å². The average molecular weight is 677 g/mol. The normalized spacial score (nSPS) is 37.3. The number of rotatable bonds is 9. The standard InChI is InChI=1S/C26H36N12O10/c1-9(40)12(27)21(44)36-24(2)16-20(32-6-35-24)38(8-34-16)25(26(46,23(29)45)17(43)11(4-39)48-25)3-10-14(41)15(42)22(47-10)37-7-33-13-18(28)30-5-31-19(13)37/h5-7,9-12,14-15,17,22,39-43,46H,3-4,8,27H2,1-2H3,(H2,29,45)(H,36,44)(H2,28,30,31)/t9-,10-,11-,12+,14-,15-,17-,22-,24?,25-,26+/m1/s1. The molecular formula is C26H36N12O10. The van der Waals surface area contributed by atoms with Crippen LogP contribution in [0, 0.1) is 0 Å². The molecule has 0 bridgehead atoms. The molecule has 0 aromatic carbocycles. The summed E-state index contributed by atoms with van der Waals surface area (Å²) in [6.45, 7) is 1.45. The summed E-state index contributed by atoms with van der Waals surface area (Å²) in [7, 11) is 0. The number of amidine groups is 1. The fourth-order valence-corrected chi connectivity index (χ4v) is 6.51. The highest BCUT2D eigenvalue weighted by molar-refractivity contribution is 6.47. The topological polar surface area (TPSA) is 348 Å². The first-order valence-electron chi connectivity index (χ1n) is 14.7. The Balaban J connectivity index is 1.39. The number of primary amides is 1. The minimum absolute atomic E-state index is 0.000773. The van der Waals surface area contributed by atoms with Gasteiger partial charge in [-0.25, -0.2) is 24.9 Å². The van der Waals surface area contributed by atoms with E-state index in [0.29, 0.717) is 0 Å². The first kappa shape index (κ1) is 33.6. The van der Waals surface area contributed by atoms with Crippen LogP contribution in [-0.4, -0.2) is 158 Å². The van der Waals surface area contributed by atoms with Crippen molar-refractivity contribution in [3.05, 3.63) is 12.7 Å². The lowest BCUT2D eigenvalue weighted by Crippen LogP contribution is -2.73. The van der Waals surface area contributed by atoms with Gasteiger partial charge in [-0.1, -0.05) is 0 Å². The van der Waals surface area contributed by atoms with Gasteiger partial charge in [0.05, 0.1) is 25.1 Å². The first-order chi connectivity index (χ1) is 22.6. The number of carbonyl (C=O) groups is 2. The third kappa shape index (κ3) is 4.75. The summed E-state index contributed by atoms with van der Waals surface area (Å²) in [6, 6.07) is -1.33. The number of imidazole rings is 1. The number of nitrogen functional groups attached to an aromatic ring is 1. The second-order valence-electron chi connectivity index (χ2n) is 12.1. The molecule has 2 aromatic heterocycles. The van der Waals surface area contributed by atoms with Gasteiger partial charge in [-0.15, -0.1) is 0 Å². The molecule has 1 unspecified atom stereocenters. The fourth-order valence-electron chi connectivity index (χ4n) is 6.51. The van der Waals surface area contributed by atoms with E-state index in [4.69, 9.17) is 26.7 Å². The van der Waals surface area contributed by atoms with E-state index < -0.39 is 97.4 Å². The third-order valence-electron chi connectivity index (χ3n) is 9.17. The van der Waals surface area contributed by atoms with Crippen molar-refractivity contribution < 1.29 is 49.7 Å². The zero-order valence-electron chi connectivity index (χ0n) is 25.6. The SMILES string of the molecule is C[C@@H](O)[C@H](N)C(=O)NC1(C)N=CN=C2C1=NCN2[C@]1(C[C@H]2O[C@@H](n3cnc4c(N)ncnc43)[C@H](O)[C@@H]2O)O[C@H](CO)[C@@H](O)[C@]1(O)C(N)=O. The molecule has 0 spiro atoms. The van der Waals surface area contributed by atoms with Crippen molar-refractivity contribution in [2.45, 2.75) is 86.2 Å². The Morgan fingerprint density at radius 2 is 1.92 bits per heavy atom. The number of amides is 2. The van der Waals surface area contributed by atoms with Gasteiger partial charge in [-0.05, 0) is 13.8 Å². The summed E-state index contributed by atoms with van der Waals surface area (Å²) in [4.78, 5) is 52.2. The molecule has 260 valence electrons. The van der Waals surface area contributed by atoms with Crippen LogP contribution in [0.1, 0.15) is 26.5 Å². The maximum Gasteiger partial charge on any atom is 0.257 e. The molecule has 6 rings (SSSR count). The number of aliphatic imine (C=N–C) groups is 3. The molecule has 2 saturated heterocycles. The molecular weight excluding hydrogens is 640 g/mol. The largest absolute Gasteiger partial charge is 0.394 e. The fraction of sp³-hybridized carbons (Fsp3) is 0.615. The molecule has 22 heteroatoms. The van der Waals surface area contributed by atoms with E-state index in [2.05, 4.69) is 35.2 Å². The summed E-state index contributed by atoms with van der Waals surface area (Å²) in [5.74, 6) is -2.32. The molecule has 2 aromatic rings. The summed E-state index contributed by atoms with van der Waals surface area (Å²) in [5, 5.41) is 68.2. The molecule has 48 heavy (non-hydrogen) atoms. The highest BCUT2D eigenvalue weighted by Crippen LogP contribution is 2.49. The molecule has 0 radical (unpaired) electrons. The summed E-state index contributed by atoms with van der Waals surface area (Å²) >= 11 is 0. The Morgan fingerprint density at radius 3 is 2.58 bits per heavy atom. The molecule has 13 N–H and O–H groups in total. The van der Waals surface area contributed by atoms with Crippen LogP contribution in [0.5, 0.6) is 0 Å². The smallest absolute Gasteiger partial charge is 0.257 e. The number of aliphatic hydroxyl groups is 6. The Hall–Kier alpha value is -4.26. The van der Waals surface area contributed by atoms with Gasteiger partial charge in [0.25, 0.3) is 5.91 Å². The van der Waals surface area contributed by atoms with Gasteiger partial charge in [0, 0.05) is 6.42 Å². The van der Waals surface area contributed by atoms with E-state index >= 15 is 0 Å². The predicted molar refractivity (Wildman–Crippen MR) is 161 cm³/mol. The molecule has 22 nitrogen and oxygen atoms in total. The predicted octanol–water partition coefficient (Wildman–Crippen LogP) is -6.22. The highest BCUT2D eigenvalue weighted by atomic mass is 16.6. The van der Waals surface area contributed by atoms with Gasteiger partial charge in [0.2, 0.25) is 11.5 Å². The van der Waals surface area contributed by atoms with Crippen LogP contribution in [-0.2, 0) is 19.1 Å². The molecule has 4 aliphatic rings. The number of fused-ring (bicyclic) bond motifs is 2. The van der Waals surface area contributed by atoms with E-state index in [1.54, 1.807) is 0 Å². The Morgan fingerprint density at radius 1 is 1.19 bits per heavy atom. The van der Waals surface area contributed by atoms with Crippen LogP contribution in [0.25, 0.3) is 11.2 Å². The van der Waals surface area contributed by atoms with E-state index in [1.165, 1.54) is 31.1 Å². The number of nitrogens with zero attached hydrogens (tertiary/aromatic N) is 8. The number of carbonyl (C=O) groups excluding carboxylic acids is 2. The van der Waals surface area contributed by atoms with Gasteiger partial charge < -0.3 is 67.5 Å². The first-order valence-corrected chi connectivity index (χ1v) is 14.7. The Bertz CT molecular complexity index is 1720. The van der Waals surface area contributed by atoms with Crippen molar-refractivity contribution in [1.29, 1.82) is 0 Å². The number of nitrogens with one attached hydrogen (secondary N) is 1. The number of aliphatic hydroxyl groups excluding tert-OH is 5. The molecule has 2 amide bonds. The van der Waals surface area contributed by atoms with E-state index in [9.17, 15) is 40.2 Å². The lowest BCUT2D eigenvalue weighted by atomic mass is 9.79. The minimum Gasteiger partial charge on any atom is -0.394 e. The lowest BCUT2D eigenvalue weighted by Gasteiger charge is -2.47. The monoisotopic (exact) mass is 676 g/mol. The molecule has 6 heterocycles. The highest BCUT2D eigenvalue weighted by Gasteiger charge is 2.73. The second-order valence-corrected chi connectivity index (χ2v) is 12.1. The molecule has 4 aliphatic heterocycles. The minimum atomic E-state index is -3.02. The molecule has 0 aliphatic carbocycles. The zero-order chi connectivity index (χ0) is 34.9. The van der Waals surface area contributed by atoms with Crippen LogP contribution in [0.2, 0.25) is 0 Å². The van der Waals surface area contributed by atoms with Gasteiger partial charge in [-0.2, -0.15) is 0 Å². The number of nitrogens with two attached hydrogens (primary N) is 3. The van der Waals surface area contributed by atoms with Gasteiger partial charge in [-0.3, -0.25) is 19.1 Å². The van der Waals surface area contributed by atoms with Crippen molar-refractivity contribution in [2.75, 3.05) is 19.0 Å². The van der Waals surface area contributed by atoms with Crippen LogP contribution < -0.4 is 22.5 Å². The van der Waals surface area contributed by atoms with E-state index in [-0.39, 0.29) is 28.5 Å². The number of ether oxygens (including phenoxy) is 2. The Kier molecular flexibility index (Phi) is 8.21. The van der Waals surface area contributed by atoms with Crippen LogP contribution in [0.15, 0.2) is 27.6 Å². The summed E-state index contributed by atoms with van der Waals surface area (Å²) in [5.41, 5.74) is 10.6. The van der Waals surface area contributed by atoms with Crippen LogP contribution in [0.3, 0.4) is 0 Å². The number of hydrogen-bond donors (Lipinski definition) is 10. The lowest BCUT2D eigenvalue weighted by molar-refractivity contribution is -0.221. The van der Waals surface area contributed by atoms with Crippen molar-refractivity contribution in [3.63, 3.8) is 0 Å². The number of anilines is 1. The summed E-state index contributed by atoms with van der Waals surface area (Å²) in [6.07, 6.45) is -8.26. The quantitative estimate of drug-likeness (QED) is 0.118. The Labute approximate surface area is 270 Å². The van der Waals surface area contributed by atoms with Crippen molar-refractivity contribution in [2.24, 2.45) is 26.4 Å². The zero-order valence-corrected chi connectivity index (χ0v) is 25.6. The van der Waals surface area contributed by atoms with Gasteiger partial charge in [0.1, 0.15) is 61.0 Å². The third-order valence-corrected chi connectivity index (χ3v) is 9.17. The second kappa shape index (κ2) is 11.7. The van der Waals surface area contributed by atoms with Crippen molar-refractivity contribution >= 4 is 46.7 Å². The maximum atomic E-state index is 13.1. The summed E-state index contributed by atoms with van der Waals surface area (Å²) < 4.78 is 13.5. The van der Waals surface area contributed by atoms with Crippen molar-refractivity contribution in [1.82, 2.24) is 29.7 Å². The van der Waals surface area contributed by atoms with Gasteiger partial charge in [0.15, 0.2) is 34.9 Å². The maximum absolute atomic E-state index is 13.1. The average Bonchev–Trinajstić information content (AvgIpc) is 3.79.